The number of anilines is 1. The quantitative estimate of drug-likeness (QED) is 0.203. The van der Waals surface area contributed by atoms with Crippen LogP contribution in [0, 0.1) is 0 Å². The molecule has 1 N–H and O–H groups in total. The average molecular weight is 549 g/mol. The normalized spacial score (nSPS) is 11.7. The lowest BCUT2D eigenvalue weighted by atomic mass is 10.1. The molecule has 8 heteroatoms. The van der Waals surface area contributed by atoms with Gasteiger partial charge in [0, 0.05) is 53.3 Å². The largest absolute Gasteiger partial charge is 0.489 e. The first-order valence-electron chi connectivity index (χ1n) is 12.5. The Kier molecular flexibility index (Phi) is 10.1. The third-order valence-electron chi connectivity index (χ3n) is 6.04. The predicted molar refractivity (Wildman–Crippen MR) is 155 cm³/mol. The second kappa shape index (κ2) is 13.9. The minimum absolute atomic E-state index is 0.124. The van der Waals surface area contributed by atoms with Crippen LogP contribution in [0.15, 0.2) is 84.2 Å². The summed E-state index contributed by atoms with van der Waals surface area (Å²) in [7, 11) is -0.816. The van der Waals surface area contributed by atoms with Crippen molar-refractivity contribution in [2.75, 3.05) is 23.5 Å². The molecule has 1 heterocycles. The third kappa shape index (κ3) is 8.53. The lowest BCUT2D eigenvalue weighted by Gasteiger charge is -2.22. The van der Waals surface area contributed by atoms with Gasteiger partial charge < -0.3 is 14.7 Å². The fourth-order valence-electron chi connectivity index (χ4n) is 3.98. The molecule has 0 aliphatic heterocycles. The minimum Gasteiger partial charge on any atom is -0.489 e. The van der Waals surface area contributed by atoms with E-state index in [-0.39, 0.29) is 6.42 Å². The predicted octanol–water partition coefficient (Wildman–Crippen LogP) is 6.18. The smallest absolute Gasteiger partial charge is 0.303 e. The SMILES string of the molecule is CS(=O)CCCN(Cc1ccc(COc2ccc(CCC(=O)O)cc2)cc1)c1nc(-c2ccccc2)cs1. The number of aromatic nitrogens is 1. The molecule has 0 spiro atoms. The number of thiazole rings is 1. The molecule has 0 fully saturated rings. The van der Waals surface area contributed by atoms with Gasteiger partial charge in [0.25, 0.3) is 0 Å². The van der Waals surface area contributed by atoms with E-state index in [1.165, 1.54) is 5.56 Å². The van der Waals surface area contributed by atoms with Crippen LogP contribution in [0.25, 0.3) is 11.3 Å². The van der Waals surface area contributed by atoms with Crippen LogP contribution in [0.3, 0.4) is 0 Å². The zero-order chi connectivity index (χ0) is 26.7. The van der Waals surface area contributed by atoms with E-state index in [1.54, 1.807) is 17.6 Å². The van der Waals surface area contributed by atoms with E-state index in [2.05, 4.69) is 46.7 Å². The van der Waals surface area contributed by atoms with Gasteiger partial charge in [0.2, 0.25) is 0 Å². The van der Waals surface area contributed by atoms with Crippen molar-refractivity contribution in [1.82, 2.24) is 4.98 Å². The monoisotopic (exact) mass is 548 g/mol. The Morgan fingerprint density at radius 3 is 2.34 bits per heavy atom. The number of ether oxygens (including phenoxy) is 1. The van der Waals surface area contributed by atoms with E-state index < -0.39 is 16.8 Å². The molecule has 0 radical (unpaired) electrons. The highest BCUT2D eigenvalue weighted by atomic mass is 32.2. The number of aliphatic carboxylic acids is 1. The Balaban J connectivity index is 1.37. The van der Waals surface area contributed by atoms with Gasteiger partial charge in [0.05, 0.1) is 5.69 Å². The van der Waals surface area contributed by atoms with Crippen molar-refractivity contribution in [2.24, 2.45) is 0 Å². The van der Waals surface area contributed by atoms with Crippen molar-refractivity contribution in [1.29, 1.82) is 0 Å². The molecule has 1 atom stereocenters. The summed E-state index contributed by atoms with van der Waals surface area (Å²) < 4.78 is 17.5. The van der Waals surface area contributed by atoms with Crippen LogP contribution in [-0.2, 0) is 35.2 Å². The summed E-state index contributed by atoms with van der Waals surface area (Å²) in [6.07, 6.45) is 3.22. The van der Waals surface area contributed by atoms with Crippen molar-refractivity contribution in [2.45, 2.75) is 32.4 Å². The first-order valence-corrected chi connectivity index (χ1v) is 15.1. The van der Waals surface area contributed by atoms with Crippen LogP contribution >= 0.6 is 11.3 Å². The van der Waals surface area contributed by atoms with E-state index >= 15 is 0 Å². The summed E-state index contributed by atoms with van der Waals surface area (Å²) in [5.74, 6) is 0.632. The molecule has 4 aromatic rings. The van der Waals surface area contributed by atoms with Crippen molar-refractivity contribution in [3.05, 3.63) is 101 Å². The van der Waals surface area contributed by atoms with Crippen molar-refractivity contribution >= 4 is 33.2 Å². The Hall–Kier alpha value is -3.49. The summed E-state index contributed by atoms with van der Waals surface area (Å²) in [5.41, 5.74) is 5.29. The van der Waals surface area contributed by atoms with Crippen LogP contribution < -0.4 is 9.64 Å². The zero-order valence-electron chi connectivity index (χ0n) is 21.4. The Morgan fingerprint density at radius 1 is 0.974 bits per heavy atom. The number of carbonyl (C=O) groups is 1. The van der Waals surface area contributed by atoms with E-state index in [4.69, 9.17) is 14.8 Å². The van der Waals surface area contributed by atoms with Crippen molar-refractivity contribution in [3.8, 4) is 17.0 Å². The van der Waals surface area contributed by atoms with E-state index in [0.29, 0.717) is 18.8 Å². The number of rotatable bonds is 14. The lowest BCUT2D eigenvalue weighted by molar-refractivity contribution is -0.136. The molecule has 0 saturated heterocycles. The maximum Gasteiger partial charge on any atom is 0.303 e. The molecule has 0 saturated carbocycles. The lowest BCUT2D eigenvalue weighted by Crippen LogP contribution is -2.25. The summed E-state index contributed by atoms with van der Waals surface area (Å²) in [6, 6.07) is 26.1. The standard InChI is InChI=1S/C30H32N2O4S2/c1-38(35)19-5-18-32(30-31-28(22-37-30)26-6-3-2-4-7-26)20-24-8-10-25(11-9-24)21-36-27-15-12-23(13-16-27)14-17-29(33)34/h2-4,6-13,15-16,22H,5,14,17-21H2,1H3,(H,33,34). The maximum atomic E-state index is 11.6. The number of carboxylic acid groups (broad SMARTS) is 1. The van der Waals surface area contributed by atoms with Crippen LogP contribution in [-0.4, -0.2) is 38.8 Å². The third-order valence-corrected chi connectivity index (χ3v) is 7.81. The molecule has 1 aromatic heterocycles. The van der Waals surface area contributed by atoms with Gasteiger partial charge in [-0.2, -0.15) is 0 Å². The highest BCUT2D eigenvalue weighted by molar-refractivity contribution is 7.84. The summed E-state index contributed by atoms with van der Waals surface area (Å²) in [6.45, 7) is 1.96. The molecule has 6 nitrogen and oxygen atoms in total. The first-order chi connectivity index (χ1) is 18.5. The summed E-state index contributed by atoms with van der Waals surface area (Å²) in [4.78, 5) is 17.9. The van der Waals surface area contributed by atoms with E-state index in [1.807, 2.05) is 42.5 Å². The van der Waals surface area contributed by atoms with Gasteiger partial charge in [-0.15, -0.1) is 11.3 Å². The number of aryl methyl sites for hydroxylation is 1. The number of hydrogen-bond acceptors (Lipinski definition) is 6. The van der Waals surface area contributed by atoms with Gasteiger partial charge in [-0.1, -0.05) is 66.7 Å². The maximum absolute atomic E-state index is 11.6. The fourth-order valence-corrected chi connectivity index (χ4v) is 5.38. The number of carboxylic acids is 1. The van der Waals surface area contributed by atoms with Crippen LogP contribution in [0.5, 0.6) is 5.75 Å². The second-order valence-corrected chi connectivity index (χ2v) is 11.5. The second-order valence-electron chi connectivity index (χ2n) is 9.08. The van der Waals surface area contributed by atoms with E-state index in [9.17, 15) is 9.00 Å². The van der Waals surface area contributed by atoms with Crippen LogP contribution in [0.1, 0.15) is 29.5 Å². The van der Waals surface area contributed by atoms with Gasteiger partial charge >= 0.3 is 5.97 Å². The number of benzene rings is 3. The average Bonchev–Trinajstić information content (AvgIpc) is 3.42. The Labute approximate surface area is 230 Å². The van der Waals surface area contributed by atoms with Gasteiger partial charge in [-0.25, -0.2) is 4.98 Å². The Bertz CT molecular complexity index is 1320. The van der Waals surface area contributed by atoms with Crippen LogP contribution in [0.2, 0.25) is 0 Å². The zero-order valence-corrected chi connectivity index (χ0v) is 23.0. The van der Waals surface area contributed by atoms with Crippen molar-refractivity contribution < 1.29 is 18.8 Å². The topological polar surface area (TPSA) is 79.7 Å². The van der Waals surface area contributed by atoms with Gasteiger partial charge in [0.15, 0.2) is 5.13 Å². The molecular weight excluding hydrogens is 516 g/mol. The molecule has 38 heavy (non-hydrogen) atoms. The fraction of sp³-hybridized carbons (Fsp3) is 0.267. The first kappa shape index (κ1) is 27.5. The molecule has 0 aliphatic carbocycles. The highest BCUT2D eigenvalue weighted by Gasteiger charge is 2.13. The molecule has 0 amide bonds. The molecule has 4 rings (SSSR count). The highest BCUT2D eigenvalue weighted by Crippen LogP contribution is 2.28. The van der Waals surface area contributed by atoms with E-state index in [0.717, 1.165) is 52.8 Å². The molecule has 198 valence electrons. The van der Waals surface area contributed by atoms with Gasteiger partial charge in [-0.3, -0.25) is 9.00 Å². The molecule has 3 aromatic carbocycles. The minimum atomic E-state index is -0.816. The van der Waals surface area contributed by atoms with Crippen molar-refractivity contribution in [3.63, 3.8) is 0 Å². The summed E-state index contributed by atoms with van der Waals surface area (Å²) in [5, 5.41) is 11.9. The molecule has 0 aliphatic rings. The molecule has 1 unspecified atom stereocenters. The number of nitrogens with zero attached hydrogens (tertiary/aromatic N) is 2. The van der Waals surface area contributed by atoms with Gasteiger partial charge in [-0.05, 0) is 41.7 Å². The van der Waals surface area contributed by atoms with Gasteiger partial charge in [0.1, 0.15) is 12.4 Å². The summed E-state index contributed by atoms with van der Waals surface area (Å²) >= 11 is 1.63. The van der Waals surface area contributed by atoms with Crippen LogP contribution in [0.4, 0.5) is 5.13 Å². The Morgan fingerprint density at radius 2 is 1.66 bits per heavy atom. The molecular formula is C30H32N2O4S2. The molecule has 0 bridgehead atoms. The number of hydrogen-bond donors (Lipinski definition) is 1.